The fraction of sp³-hybridized carbons (Fsp3) is 0.333. The molecule has 4 rings (SSSR count). The van der Waals surface area contributed by atoms with E-state index in [0.717, 1.165) is 43.0 Å². The number of nitrogens with zero attached hydrogens (tertiary/aromatic N) is 4. The summed E-state index contributed by atoms with van der Waals surface area (Å²) >= 11 is 0. The van der Waals surface area contributed by atoms with E-state index < -0.39 is 12.2 Å². The molecule has 2 aliphatic rings. The minimum Gasteiger partial charge on any atom is -0.375 e. The lowest BCUT2D eigenvalue weighted by molar-refractivity contribution is 0.224. The number of para-hydroxylation sites is 1. The van der Waals surface area contributed by atoms with Gasteiger partial charge in [-0.2, -0.15) is 10.2 Å². The number of piperidine rings is 1. The lowest BCUT2D eigenvalue weighted by Crippen LogP contribution is -2.36. The lowest BCUT2D eigenvalue weighted by Gasteiger charge is -2.38. The number of allylic oxidation sites excluding steroid dienone is 2. The molecular formula is C27H29F3N4. The van der Waals surface area contributed by atoms with Crippen LogP contribution in [-0.4, -0.2) is 35.8 Å². The molecule has 2 aromatic rings. The van der Waals surface area contributed by atoms with Crippen LogP contribution in [0.4, 0.5) is 18.9 Å². The Bertz CT molecular complexity index is 1120. The first-order valence-corrected chi connectivity index (χ1v) is 11.5. The Kier molecular flexibility index (Phi) is 7.20. The third-order valence-electron chi connectivity index (χ3n) is 6.53. The topological polar surface area (TPSA) is 31.2 Å². The summed E-state index contributed by atoms with van der Waals surface area (Å²) in [6, 6.07) is 14.6. The molecule has 0 aliphatic carbocycles. The maximum absolute atomic E-state index is 15.2. The molecule has 0 amide bonds. The summed E-state index contributed by atoms with van der Waals surface area (Å²) in [4.78, 5) is 4.36. The van der Waals surface area contributed by atoms with Gasteiger partial charge in [-0.1, -0.05) is 43.5 Å². The highest BCUT2D eigenvalue weighted by atomic mass is 19.3. The molecule has 2 aliphatic heterocycles. The summed E-state index contributed by atoms with van der Waals surface area (Å²) in [5.41, 5.74) is 4.03. The van der Waals surface area contributed by atoms with Gasteiger partial charge in [0.15, 0.2) is 0 Å². The Morgan fingerprint density at radius 1 is 1.09 bits per heavy atom. The van der Waals surface area contributed by atoms with Crippen LogP contribution in [0.25, 0.3) is 0 Å². The van der Waals surface area contributed by atoms with Crippen LogP contribution in [0.15, 0.2) is 83.3 Å². The van der Waals surface area contributed by atoms with E-state index in [1.807, 2.05) is 37.3 Å². The van der Waals surface area contributed by atoms with Crippen molar-refractivity contribution in [2.24, 2.45) is 16.1 Å². The molecule has 0 radical (unpaired) electrons. The van der Waals surface area contributed by atoms with Gasteiger partial charge in [0.2, 0.25) is 0 Å². The van der Waals surface area contributed by atoms with Crippen LogP contribution in [0.1, 0.15) is 37.3 Å². The van der Waals surface area contributed by atoms with Crippen molar-refractivity contribution in [2.75, 3.05) is 18.0 Å². The fourth-order valence-electron chi connectivity index (χ4n) is 4.45. The summed E-state index contributed by atoms with van der Waals surface area (Å²) in [5, 5.41) is 7.35. The average molecular weight is 467 g/mol. The zero-order valence-corrected chi connectivity index (χ0v) is 19.4. The second-order valence-electron chi connectivity index (χ2n) is 8.83. The number of likely N-dealkylation sites (tertiary alicyclic amines) is 1. The average Bonchev–Trinajstić information content (AvgIpc) is 3.34. The quantitative estimate of drug-likeness (QED) is 0.450. The molecule has 0 N–H and O–H groups in total. The minimum atomic E-state index is -2.65. The molecule has 0 atom stereocenters. The third-order valence-corrected chi connectivity index (χ3v) is 6.53. The molecule has 2 heterocycles. The van der Waals surface area contributed by atoms with Crippen molar-refractivity contribution in [3.05, 3.63) is 90.0 Å². The van der Waals surface area contributed by atoms with Crippen molar-refractivity contribution in [1.82, 2.24) is 4.90 Å². The highest BCUT2D eigenvalue weighted by Crippen LogP contribution is 2.32. The van der Waals surface area contributed by atoms with Gasteiger partial charge in [0.05, 0.1) is 12.3 Å². The highest BCUT2D eigenvalue weighted by Gasteiger charge is 2.26. The van der Waals surface area contributed by atoms with Crippen molar-refractivity contribution < 1.29 is 13.2 Å². The molecule has 178 valence electrons. The van der Waals surface area contributed by atoms with Crippen molar-refractivity contribution in [3.63, 3.8) is 0 Å². The standard InChI is InChI=1S/C27H29F3N4/c1-18(2)33-13-11-20(12-14-33)19(3)34(23-7-5-4-6-8-23)17-22-10-9-21(15-24(22)28)25-16-26(27(29)30)32-31-25/h4-10,15,20,27H,1,3,11-14,16-17H2,2H3. The van der Waals surface area contributed by atoms with Crippen LogP contribution >= 0.6 is 0 Å². The number of rotatable bonds is 8. The molecule has 0 spiro atoms. The number of alkyl halides is 2. The van der Waals surface area contributed by atoms with Gasteiger partial charge >= 0.3 is 0 Å². The van der Waals surface area contributed by atoms with Gasteiger partial charge in [0.25, 0.3) is 6.43 Å². The SMILES string of the molecule is C=C(C)N1CCC(C(=C)N(Cc2ccc(C3=NN=C(C(F)F)C3)cc2F)c2ccccc2)CC1. The molecule has 2 aromatic carbocycles. The van der Waals surface area contributed by atoms with Crippen molar-refractivity contribution >= 4 is 17.1 Å². The predicted molar refractivity (Wildman–Crippen MR) is 132 cm³/mol. The maximum atomic E-state index is 15.2. The molecule has 1 fully saturated rings. The van der Waals surface area contributed by atoms with E-state index in [-0.39, 0.29) is 18.1 Å². The van der Waals surface area contributed by atoms with Crippen LogP contribution in [-0.2, 0) is 6.54 Å². The molecule has 7 heteroatoms. The van der Waals surface area contributed by atoms with Gasteiger partial charge in [-0.05, 0) is 38.0 Å². The Labute approximate surface area is 198 Å². The van der Waals surface area contributed by atoms with Crippen molar-refractivity contribution in [3.8, 4) is 0 Å². The minimum absolute atomic E-state index is 0.0632. The van der Waals surface area contributed by atoms with Gasteiger partial charge in [-0.25, -0.2) is 13.2 Å². The Hall–Kier alpha value is -3.35. The second kappa shape index (κ2) is 10.3. The molecule has 34 heavy (non-hydrogen) atoms. The predicted octanol–water partition coefficient (Wildman–Crippen LogP) is 6.41. The van der Waals surface area contributed by atoms with Crippen LogP contribution in [0.2, 0.25) is 0 Å². The molecule has 0 unspecified atom stereocenters. The van der Waals surface area contributed by atoms with E-state index in [9.17, 15) is 8.78 Å². The van der Waals surface area contributed by atoms with E-state index in [2.05, 4.69) is 33.2 Å². The van der Waals surface area contributed by atoms with Gasteiger partial charge in [-0.15, -0.1) is 0 Å². The van der Waals surface area contributed by atoms with Crippen LogP contribution in [0.5, 0.6) is 0 Å². The number of benzene rings is 2. The normalized spacial score (nSPS) is 16.4. The Morgan fingerprint density at radius 3 is 2.38 bits per heavy atom. The molecule has 0 bridgehead atoms. The van der Waals surface area contributed by atoms with Gasteiger partial charge in [-0.3, -0.25) is 0 Å². The van der Waals surface area contributed by atoms with Gasteiger partial charge in [0, 0.05) is 53.6 Å². The zero-order valence-electron chi connectivity index (χ0n) is 19.4. The first kappa shape index (κ1) is 23.8. The first-order chi connectivity index (χ1) is 16.3. The summed E-state index contributed by atoms with van der Waals surface area (Å²) in [6.45, 7) is 12.7. The summed E-state index contributed by atoms with van der Waals surface area (Å²) < 4.78 is 40.9. The number of anilines is 1. The number of halogens is 3. The maximum Gasteiger partial charge on any atom is 0.278 e. The largest absolute Gasteiger partial charge is 0.375 e. The Morgan fingerprint density at radius 2 is 1.79 bits per heavy atom. The van der Waals surface area contributed by atoms with E-state index in [4.69, 9.17) is 0 Å². The van der Waals surface area contributed by atoms with Crippen molar-refractivity contribution in [1.29, 1.82) is 0 Å². The van der Waals surface area contributed by atoms with Crippen LogP contribution in [0, 0.1) is 11.7 Å². The van der Waals surface area contributed by atoms with Gasteiger partial charge in [0.1, 0.15) is 11.5 Å². The number of hydrogen-bond donors (Lipinski definition) is 0. The number of hydrogen-bond acceptors (Lipinski definition) is 4. The smallest absolute Gasteiger partial charge is 0.278 e. The lowest BCUT2D eigenvalue weighted by atomic mass is 9.92. The highest BCUT2D eigenvalue weighted by molar-refractivity contribution is 6.15. The van der Waals surface area contributed by atoms with E-state index in [0.29, 0.717) is 23.4 Å². The van der Waals surface area contributed by atoms with Crippen LogP contribution < -0.4 is 4.90 Å². The second-order valence-corrected chi connectivity index (χ2v) is 8.83. The van der Waals surface area contributed by atoms with E-state index in [1.54, 1.807) is 12.1 Å². The molecule has 0 aromatic heterocycles. The zero-order chi connectivity index (χ0) is 24.2. The van der Waals surface area contributed by atoms with Crippen molar-refractivity contribution in [2.45, 2.75) is 39.2 Å². The molecule has 1 saturated heterocycles. The Balaban J connectivity index is 1.52. The van der Waals surface area contributed by atoms with Crippen LogP contribution in [0.3, 0.4) is 0 Å². The third kappa shape index (κ3) is 5.24. The van der Waals surface area contributed by atoms with E-state index in [1.165, 1.54) is 6.07 Å². The van der Waals surface area contributed by atoms with E-state index >= 15 is 4.39 Å². The molecular weight excluding hydrogens is 437 g/mol. The fourth-order valence-corrected chi connectivity index (χ4v) is 4.45. The summed E-state index contributed by atoms with van der Waals surface area (Å²) in [5.74, 6) is -0.118. The first-order valence-electron chi connectivity index (χ1n) is 11.5. The van der Waals surface area contributed by atoms with Gasteiger partial charge < -0.3 is 9.80 Å². The summed E-state index contributed by atoms with van der Waals surface area (Å²) in [7, 11) is 0. The molecule has 4 nitrogen and oxygen atoms in total. The monoisotopic (exact) mass is 466 g/mol. The molecule has 0 saturated carbocycles. The summed E-state index contributed by atoms with van der Waals surface area (Å²) in [6.07, 6.45) is -0.796.